The van der Waals surface area contributed by atoms with Crippen molar-refractivity contribution in [3.63, 3.8) is 0 Å². The molecule has 1 aliphatic heterocycles. The maximum absolute atomic E-state index is 12.2. The zero-order valence-electron chi connectivity index (χ0n) is 13.7. The normalized spacial score (nSPS) is 20.9. The van der Waals surface area contributed by atoms with E-state index in [4.69, 9.17) is 0 Å². The first-order valence-corrected chi connectivity index (χ1v) is 10.1. The average Bonchev–Trinajstić information content (AvgIpc) is 3.08. The van der Waals surface area contributed by atoms with Crippen molar-refractivity contribution in [1.82, 2.24) is 10.6 Å². The van der Waals surface area contributed by atoms with Gasteiger partial charge in [-0.2, -0.15) is 0 Å². The fourth-order valence-corrected chi connectivity index (χ4v) is 5.34. The van der Waals surface area contributed by atoms with E-state index in [0.29, 0.717) is 19.4 Å². The molecule has 0 bridgehead atoms. The first kappa shape index (κ1) is 19.2. The van der Waals surface area contributed by atoms with E-state index in [0.717, 1.165) is 25.8 Å². The largest absolute Gasteiger partial charge is 0.353 e. The molecule has 0 radical (unpaired) electrons. The molecule has 24 heavy (non-hydrogen) atoms. The van der Waals surface area contributed by atoms with E-state index in [2.05, 4.69) is 22.8 Å². The lowest BCUT2D eigenvalue weighted by molar-refractivity contribution is -0.118. The van der Waals surface area contributed by atoms with E-state index in [-0.39, 0.29) is 35.4 Å². The Morgan fingerprint density at radius 2 is 1.92 bits per heavy atom. The van der Waals surface area contributed by atoms with Crippen LogP contribution >= 0.6 is 12.4 Å². The molecular weight excluding hydrogens is 348 g/mol. The van der Waals surface area contributed by atoms with E-state index in [1.54, 1.807) is 0 Å². The Bertz CT molecular complexity index is 672. The molecule has 1 saturated carbocycles. The molecule has 2 N–H and O–H groups in total. The van der Waals surface area contributed by atoms with Gasteiger partial charge in [0.05, 0.1) is 5.25 Å². The van der Waals surface area contributed by atoms with E-state index in [1.807, 2.05) is 12.1 Å². The summed E-state index contributed by atoms with van der Waals surface area (Å²) < 4.78 is 24.4. The molecule has 0 spiro atoms. The van der Waals surface area contributed by atoms with Crippen LogP contribution in [0.4, 0.5) is 0 Å². The molecule has 3 rings (SSSR count). The molecule has 1 amide bonds. The highest BCUT2D eigenvalue weighted by molar-refractivity contribution is 7.92. The molecule has 0 aromatic heterocycles. The summed E-state index contributed by atoms with van der Waals surface area (Å²) in [5.74, 6) is -0.770. The summed E-state index contributed by atoms with van der Waals surface area (Å²) in [6.07, 6.45) is 4.29. The lowest BCUT2D eigenvalue weighted by Crippen LogP contribution is -2.41. The number of rotatable bonds is 5. The van der Waals surface area contributed by atoms with Crippen LogP contribution in [-0.2, 0) is 21.1 Å². The Hall–Kier alpha value is -1.11. The molecule has 5 nitrogen and oxygen atoms in total. The van der Waals surface area contributed by atoms with Gasteiger partial charge in [0, 0.05) is 12.6 Å². The van der Waals surface area contributed by atoms with Crippen molar-refractivity contribution in [3.8, 4) is 0 Å². The number of fused-ring (bicyclic) bond motifs is 1. The monoisotopic (exact) mass is 372 g/mol. The number of amides is 1. The van der Waals surface area contributed by atoms with Gasteiger partial charge in [-0.1, -0.05) is 37.1 Å². The van der Waals surface area contributed by atoms with Gasteiger partial charge in [-0.15, -0.1) is 12.4 Å². The summed E-state index contributed by atoms with van der Waals surface area (Å²) in [6, 6.07) is 8.24. The zero-order chi connectivity index (χ0) is 16.3. The number of halogens is 1. The van der Waals surface area contributed by atoms with Crippen molar-refractivity contribution in [2.75, 3.05) is 18.8 Å². The lowest BCUT2D eigenvalue weighted by Gasteiger charge is -2.27. The average molecular weight is 373 g/mol. The minimum absolute atomic E-state index is 0. The third-order valence-corrected chi connectivity index (χ3v) is 7.01. The highest BCUT2D eigenvalue weighted by Crippen LogP contribution is 2.25. The Balaban J connectivity index is 0.00000208. The Labute approximate surface area is 149 Å². The fourth-order valence-electron chi connectivity index (χ4n) is 3.59. The van der Waals surface area contributed by atoms with Crippen LogP contribution < -0.4 is 10.6 Å². The van der Waals surface area contributed by atoms with Crippen LogP contribution in [-0.4, -0.2) is 38.4 Å². The predicted molar refractivity (Wildman–Crippen MR) is 97.2 cm³/mol. The van der Waals surface area contributed by atoms with Crippen molar-refractivity contribution in [3.05, 3.63) is 35.4 Å². The maximum Gasteiger partial charge on any atom is 0.235 e. The van der Waals surface area contributed by atoms with E-state index < -0.39 is 9.84 Å². The second kappa shape index (κ2) is 8.32. The number of carbonyl (C=O) groups excluding carboxylic acids is 1. The van der Waals surface area contributed by atoms with Gasteiger partial charge in [-0.05, 0) is 36.9 Å². The Morgan fingerprint density at radius 3 is 2.67 bits per heavy atom. The summed E-state index contributed by atoms with van der Waals surface area (Å²) in [7, 11) is -3.31. The quantitative estimate of drug-likeness (QED) is 0.826. The van der Waals surface area contributed by atoms with Gasteiger partial charge in [0.1, 0.15) is 5.75 Å². The Kier molecular flexibility index (Phi) is 6.66. The zero-order valence-corrected chi connectivity index (χ0v) is 15.3. The first-order valence-electron chi connectivity index (χ1n) is 8.36. The fraction of sp³-hybridized carbons (Fsp3) is 0.588. The topological polar surface area (TPSA) is 75.3 Å². The van der Waals surface area contributed by atoms with Crippen LogP contribution in [0.25, 0.3) is 0 Å². The van der Waals surface area contributed by atoms with E-state index in [9.17, 15) is 13.2 Å². The third-order valence-electron chi connectivity index (χ3n) is 4.86. The van der Waals surface area contributed by atoms with Gasteiger partial charge in [-0.3, -0.25) is 4.79 Å². The van der Waals surface area contributed by atoms with Crippen molar-refractivity contribution >= 4 is 28.2 Å². The van der Waals surface area contributed by atoms with Crippen molar-refractivity contribution in [1.29, 1.82) is 0 Å². The lowest BCUT2D eigenvalue weighted by atomic mass is 9.94. The van der Waals surface area contributed by atoms with Gasteiger partial charge in [0.25, 0.3) is 0 Å². The summed E-state index contributed by atoms with van der Waals surface area (Å²) in [4.78, 5) is 12.1. The number of hydrogen-bond acceptors (Lipinski definition) is 4. The first-order chi connectivity index (χ1) is 11.1. The molecule has 7 heteroatoms. The minimum atomic E-state index is -3.31. The molecule has 1 atom stereocenters. The summed E-state index contributed by atoms with van der Waals surface area (Å²) in [6.45, 7) is 1.30. The number of benzene rings is 1. The van der Waals surface area contributed by atoms with Gasteiger partial charge >= 0.3 is 0 Å². The van der Waals surface area contributed by atoms with Crippen LogP contribution in [0.3, 0.4) is 0 Å². The Morgan fingerprint density at radius 1 is 1.21 bits per heavy atom. The summed E-state index contributed by atoms with van der Waals surface area (Å²) >= 11 is 0. The number of sulfone groups is 1. The molecule has 1 aromatic rings. The van der Waals surface area contributed by atoms with Crippen LogP contribution in [0.2, 0.25) is 0 Å². The van der Waals surface area contributed by atoms with Crippen LogP contribution in [0, 0.1) is 0 Å². The molecule has 1 aliphatic carbocycles. The summed E-state index contributed by atoms with van der Waals surface area (Å²) in [5, 5.41) is 5.86. The van der Waals surface area contributed by atoms with Gasteiger partial charge in [0.15, 0.2) is 9.84 Å². The predicted octanol–water partition coefficient (Wildman–Crippen LogP) is 1.77. The molecule has 0 saturated heterocycles. The third kappa shape index (κ3) is 4.49. The molecular formula is C17H25ClN2O3S. The highest BCUT2D eigenvalue weighted by Gasteiger charge is 2.30. The molecule has 1 fully saturated rings. The second-order valence-electron chi connectivity index (χ2n) is 6.47. The molecule has 1 aromatic carbocycles. The molecule has 1 heterocycles. The minimum Gasteiger partial charge on any atom is -0.353 e. The number of hydrogen-bond donors (Lipinski definition) is 2. The second-order valence-corrected chi connectivity index (χ2v) is 8.75. The highest BCUT2D eigenvalue weighted by atomic mass is 35.5. The van der Waals surface area contributed by atoms with Gasteiger partial charge in [-0.25, -0.2) is 8.42 Å². The molecule has 1 unspecified atom stereocenters. The van der Waals surface area contributed by atoms with E-state index >= 15 is 0 Å². The van der Waals surface area contributed by atoms with Crippen LogP contribution in [0.15, 0.2) is 24.3 Å². The maximum atomic E-state index is 12.2. The van der Waals surface area contributed by atoms with Crippen LogP contribution in [0.1, 0.15) is 42.9 Å². The van der Waals surface area contributed by atoms with Crippen molar-refractivity contribution in [2.45, 2.75) is 43.4 Å². The van der Waals surface area contributed by atoms with Crippen molar-refractivity contribution in [2.24, 2.45) is 0 Å². The molecule has 2 aliphatic rings. The smallest absolute Gasteiger partial charge is 0.235 e. The van der Waals surface area contributed by atoms with Gasteiger partial charge < -0.3 is 10.6 Å². The molecule has 134 valence electrons. The van der Waals surface area contributed by atoms with E-state index in [1.165, 1.54) is 11.1 Å². The number of nitrogens with one attached hydrogen (secondary N) is 2. The number of carbonyl (C=O) groups is 1. The SMILES string of the molecule is Cl.O=C(CS(=O)(=O)C1CCCC1)NCC1NCCc2ccccc21. The van der Waals surface area contributed by atoms with Crippen LogP contribution in [0.5, 0.6) is 0 Å². The standard InChI is InChI=1S/C17H24N2O3S.ClH/c20-17(12-23(21,22)14-6-2-3-7-14)19-11-16-15-8-4-1-5-13(15)9-10-18-16;/h1,4-5,8,14,16,18H,2-3,6-7,9-12H2,(H,19,20);1H. The van der Waals surface area contributed by atoms with Gasteiger partial charge in [0.2, 0.25) is 5.91 Å². The van der Waals surface area contributed by atoms with Crippen molar-refractivity contribution < 1.29 is 13.2 Å². The summed E-state index contributed by atoms with van der Waals surface area (Å²) in [5.41, 5.74) is 2.49.